The number of fused-ring (bicyclic) bond motifs is 1. The minimum absolute atomic E-state index is 0.000303. The largest absolute Gasteiger partial charge is 0.507 e. The summed E-state index contributed by atoms with van der Waals surface area (Å²) in [5.41, 5.74) is 1.71. The summed E-state index contributed by atoms with van der Waals surface area (Å²) >= 11 is 6.09. The molecule has 0 atom stereocenters. The van der Waals surface area contributed by atoms with Crippen LogP contribution < -0.4 is 4.74 Å². The van der Waals surface area contributed by atoms with Gasteiger partial charge in [-0.2, -0.15) is 0 Å². The first-order valence-electron chi connectivity index (χ1n) is 9.49. The Balaban J connectivity index is 1.71. The Morgan fingerprint density at radius 3 is 2.69 bits per heavy atom. The van der Waals surface area contributed by atoms with Crippen molar-refractivity contribution in [1.82, 2.24) is 9.80 Å². The van der Waals surface area contributed by atoms with E-state index >= 15 is 0 Å². The van der Waals surface area contributed by atoms with Crippen molar-refractivity contribution < 1.29 is 19.0 Å². The predicted octanol–water partition coefficient (Wildman–Crippen LogP) is 3.86. The molecule has 2 aromatic rings. The highest BCUT2D eigenvalue weighted by Crippen LogP contribution is 2.42. The van der Waals surface area contributed by atoms with Gasteiger partial charge in [0, 0.05) is 38.3 Å². The molecule has 0 unspecified atom stereocenters. The van der Waals surface area contributed by atoms with Gasteiger partial charge in [-0.25, -0.2) is 4.39 Å². The Kier molecular flexibility index (Phi) is 5.34. The van der Waals surface area contributed by atoms with Gasteiger partial charge in [0.15, 0.2) is 5.76 Å². The van der Waals surface area contributed by atoms with Crippen LogP contribution >= 0.6 is 11.6 Å². The van der Waals surface area contributed by atoms with Gasteiger partial charge in [0.25, 0.3) is 0 Å². The third-order valence-electron chi connectivity index (χ3n) is 5.47. The second kappa shape index (κ2) is 7.78. The lowest BCUT2D eigenvalue weighted by molar-refractivity contribution is 0.101. The van der Waals surface area contributed by atoms with Crippen molar-refractivity contribution in [2.45, 2.75) is 13.5 Å². The van der Waals surface area contributed by atoms with Crippen LogP contribution in [0.25, 0.3) is 6.08 Å². The molecule has 4 rings (SSSR count). The van der Waals surface area contributed by atoms with E-state index in [0.717, 1.165) is 26.2 Å². The molecule has 7 heteroatoms. The van der Waals surface area contributed by atoms with Crippen molar-refractivity contribution in [2.24, 2.45) is 0 Å². The number of ether oxygens (including phenoxy) is 1. The molecule has 0 aliphatic carbocycles. The number of Topliss-reactive ketones (excluding diaryl/α,β-unsaturated/α-hetero) is 1. The number of hydrogen-bond acceptors (Lipinski definition) is 5. The number of hydrogen-bond donors (Lipinski definition) is 1. The van der Waals surface area contributed by atoms with Gasteiger partial charge in [0.1, 0.15) is 17.3 Å². The fraction of sp³-hybridized carbons (Fsp3) is 0.318. The van der Waals surface area contributed by atoms with Gasteiger partial charge in [-0.3, -0.25) is 9.69 Å². The maximum absolute atomic E-state index is 14.2. The predicted molar refractivity (Wildman–Crippen MR) is 110 cm³/mol. The van der Waals surface area contributed by atoms with Crippen molar-refractivity contribution in [3.63, 3.8) is 0 Å². The number of carbonyl (C=O) groups is 1. The Morgan fingerprint density at radius 2 is 2.00 bits per heavy atom. The molecule has 0 bridgehead atoms. The van der Waals surface area contributed by atoms with Gasteiger partial charge < -0.3 is 14.7 Å². The van der Waals surface area contributed by atoms with Crippen molar-refractivity contribution in [3.8, 4) is 11.5 Å². The fourth-order valence-electron chi connectivity index (χ4n) is 3.74. The summed E-state index contributed by atoms with van der Waals surface area (Å²) in [5.74, 6) is -0.422. The van der Waals surface area contributed by atoms with Crippen LogP contribution in [0.3, 0.4) is 0 Å². The van der Waals surface area contributed by atoms with Crippen LogP contribution in [0.1, 0.15) is 27.0 Å². The lowest BCUT2D eigenvalue weighted by Crippen LogP contribution is -2.43. The number of aryl methyl sites for hydroxylation is 1. The van der Waals surface area contributed by atoms with Crippen molar-refractivity contribution in [3.05, 3.63) is 63.1 Å². The first-order chi connectivity index (χ1) is 13.8. The number of allylic oxidation sites excluding steroid dienone is 1. The van der Waals surface area contributed by atoms with Crippen LogP contribution in [0.5, 0.6) is 11.5 Å². The molecule has 2 aliphatic heterocycles. The van der Waals surface area contributed by atoms with Gasteiger partial charge in [-0.05, 0) is 43.8 Å². The molecule has 0 saturated carbocycles. The highest BCUT2D eigenvalue weighted by molar-refractivity contribution is 6.32. The second-order valence-corrected chi connectivity index (χ2v) is 7.96. The molecule has 152 valence electrons. The van der Waals surface area contributed by atoms with Crippen LogP contribution in [-0.4, -0.2) is 53.9 Å². The lowest BCUT2D eigenvalue weighted by Gasteiger charge is -2.32. The maximum atomic E-state index is 14.2. The molecule has 0 spiro atoms. The number of rotatable bonds is 3. The van der Waals surface area contributed by atoms with Gasteiger partial charge in [0.2, 0.25) is 5.78 Å². The summed E-state index contributed by atoms with van der Waals surface area (Å²) in [4.78, 5) is 17.4. The fourth-order valence-corrected chi connectivity index (χ4v) is 3.96. The summed E-state index contributed by atoms with van der Waals surface area (Å²) in [6, 6.07) is 5.92. The molecule has 2 aromatic carbocycles. The minimum Gasteiger partial charge on any atom is -0.507 e. The third-order valence-corrected chi connectivity index (χ3v) is 5.80. The monoisotopic (exact) mass is 416 g/mol. The number of aromatic hydroxyl groups is 1. The van der Waals surface area contributed by atoms with E-state index in [4.69, 9.17) is 16.3 Å². The van der Waals surface area contributed by atoms with E-state index < -0.39 is 5.82 Å². The van der Waals surface area contributed by atoms with Crippen LogP contribution in [0.4, 0.5) is 4.39 Å². The first-order valence-corrected chi connectivity index (χ1v) is 9.87. The second-order valence-electron chi connectivity index (χ2n) is 7.55. The third kappa shape index (κ3) is 3.75. The smallest absolute Gasteiger partial charge is 0.232 e. The summed E-state index contributed by atoms with van der Waals surface area (Å²) in [6.07, 6.45) is 1.33. The number of ketones is 1. The number of nitrogens with zero attached hydrogens (tertiary/aromatic N) is 2. The van der Waals surface area contributed by atoms with Gasteiger partial charge >= 0.3 is 0 Å². The summed E-state index contributed by atoms with van der Waals surface area (Å²) in [5, 5.41) is 10.8. The van der Waals surface area contributed by atoms with E-state index in [1.165, 1.54) is 18.2 Å². The highest BCUT2D eigenvalue weighted by atomic mass is 35.5. The number of likely N-dealkylation sites (N-methyl/N-ethyl adjacent to an activating group) is 1. The molecule has 2 heterocycles. The number of phenolic OH excluding ortho intramolecular Hbond substituents is 1. The van der Waals surface area contributed by atoms with Crippen LogP contribution in [-0.2, 0) is 6.54 Å². The van der Waals surface area contributed by atoms with Gasteiger partial charge in [-0.1, -0.05) is 17.7 Å². The van der Waals surface area contributed by atoms with E-state index in [1.54, 1.807) is 19.1 Å². The molecule has 1 fully saturated rings. The van der Waals surface area contributed by atoms with E-state index in [0.29, 0.717) is 29.0 Å². The maximum Gasteiger partial charge on any atom is 0.232 e. The molecule has 29 heavy (non-hydrogen) atoms. The first kappa shape index (κ1) is 19.9. The zero-order chi connectivity index (χ0) is 20.7. The van der Waals surface area contributed by atoms with Crippen molar-refractivity contribution in [1.29, 1.82) is 0 Å². The minimum atomic E-state index is -0.533. The Hall–Kier alpha value is -2.41. The molecule has 1 N–H and O–H groups in total. The Morgan fingerprint density at radius 1 is 1.28 bits per heavy atom. The zero-order valence-electron chi connectivity index (χ0n) is 16.3. The van der Waals surface area contributed by atoms with Crippen LogP contribution in [0.15, 0.2) is 30.0 Å². The molecule has 5 nitrogen and oxygen atoms in total. The van der Waals surface area contributed by atoms with E-state index in [1.807, 2.05) is 0 Å². The Labute approximate surface area is 173 Å². The van der Waals surface area contributed by atoms with Crippen LogP contribution in [0, 0.1) is 12.7 Å². The molecule has 2 aliphatic rings. The van der Waals surface area contributed by atoms with Gasteiger partial charge in [0.05, 0.1) is 16.1 Å². The number of carbonyl (C=O) groups excluding carboxylic acids is 1. The molecular formula is C22H22ClFN2O3. The molecule has 1 saturated heterocycles. The highest BCUT2D eigenvalue weighted by Gasteiger charge is 2.34. The number of halogens is 2. The van der Waals surface area contributed by atoms with Gasteiger partial charge in [-0.15, -0.1) is 0 Å². The molecule has 0 amide bonds. The molecular weight excluding hydrogens is 395 g/mol. The number of phenols is 1. The summed E-state index contributed by atoms with van der Waals surface area (Å²) in [6.45, 7) is 5.82. The topological polar surface area (TPSA) is 53.0 Å². The lowest BCUT2D eigenvalue weighted by atomic mass is 9.99. The van der Waals surface area contributed by atoms with Crippen molar-refractivity contribution in [2.75, 3.05) is 33.2 Å². The quantitative estimate of drug-likeness (QED) is 0.770. The zero-order valence-corrected chi connectivity index (χ0v) is 17.1. The van der Waals surface area contributed by atoms with Crippen LogP contribution in [0.2, 0.25) is 5.02 Å². The van der Waals surface area contributed by atoms with E-state index in [-0.39, 0.29) is 27.9 Å². The Bertz CT molecular complexity index is 993. The summed E-state index contributed by atoms with van der Waals surface area (Å²) in [7, 11) is 2.07. The normalized spacial score (nSPS) is 18.9. The molecule has 0 aromatic heterocycles. The average Bonchev–Trinajstić information content (AvgIpc) is 3.00. The standard InChI is InChI=1S/C22H22ClFN2O3/c1-13-10-18(27)15(12-26-8-6-25(2)7-9-26)22-20(13)21(28)19(29-22)11-14-16(23)4-3-5-17(14)24/h3-5,10-11,27H,6-9,12H2,1-2H3/b19-11-. The number of piperazine rings is 1. The van der Waals surface area contributed by atoms with E-state index in [2.05, 4.69) is 16.8 Å². The average molecular weight is 417 g/mol. The summed E-state index contributed by atoms with van der Waals surface area (Å²) < 4.78 is 20.1. The van der Waals surface area contributed by atoms with E-state index in [9.17, 15) is 14.3 Å². The SMILES string of the molecule is Cc1cc(O)c(CN2CCN(C)CC2)c2c1C(=O)/C(=C/c1c(F)cccc1Cl)O2. The molecule has 0 radical (unpaired) electrons. The number of benzene rings is 2. The van der Waals surface area contributed by atoms with Crippen molar-refractivity contribution >= 4 is 23.5 Å².